The third-order valence-electron chi connectivity index (χ3n) is 6.91. The molecule has 1 saturated heterocycles. The topological polar surface area (TPSA) is 12.5 Å². The zero-order valence-corrected chi connectivity index (χ0v) is 15.1. The number of likely N-dealkylation sites (tertiary alicyclic amines) is 1. The summed E-state index contributed by atoms with van der Waals surface area (Å²) >= 11 is 0. The van der Waals surface area contributed by atoms with Gasteiger partial charge in [0.25, 0.3) is 0 Å². The van der Waals surface area contributed by atoms with Gasteiger partial charge in [-0.05, 0) is 81.0 Å². The van der Waals surface area contributed by atoms with Gasteiger partial charge in [0, 0.05) is 12.1 Å². The fourth-order valence-electron chi connectivity index (χ4n) is 5.49. The van der Waals surface area contributed by atoms with Crippen LogP contribution < -0.4 is 4.74 Å². The zero-order valence-electron chi connectivity index (χ0n) is 15.1. The average molecular weight is 349 g/mol. The second-order valence-electron chi connectivity index (χ2n) is 8.33. The summed E-state index contributed by atoms with van der Waals surface area (Å²) in [5, 5.41) is 0. The lowest BCUT2D eigenvalue weighted by molar-refractivity contribution is 0.125. The van der Waals surface area contributed by atoms with Crippen LogP contribution in [0.1, 0.15) is 62.8 Å². The quantitative estimate of drug-likeness (QED) is 0.751. The first-order valence-corrected chi connectivity index (χ1v) is 9.91. The first kappa shape index (κ1) is 17.3. The molecule has 2 aliphatic carbocycles. The molecular formula is C21H29F2NO. The monoisotopic (exact) mass is 349 g/mol. The Morgan fingerprint density at radius 3 is 2.40 bits per heavy atom. The molecule has 1 heterocycles. The van der Waals surface area contributed by atoms with Gasteiger partial charge >= 0.3 is 0 Å². The third kappa shape index (κ3) is 3.55. The van der Waals surface area contributed by atoms with E-state index in [-0.39, 0.29) is 5.92 Å². The van der Waals surface area contributed by atoms with Crippen LogP contribution in [0.15, 0.2) is 12.1 Å². The molecule has 3 fully saturated rings. The highest BCUT2D eigenvalue weighted by Gasteiger charge is 2.35. The number of hydrogen-bond donors (Lipinski definition) is 0. The van der Waals surface area contributed by atoms with Gasteiger partial charge in [0.2, 0.25) is 0 Å². The van der Waals surface area contributed by atoms with Crippen LogP contribution in [0.2, 0.25) is 0 Å². The fourth-order valence-corrected chi connectivity index (χ4v) is 5.49. The largest absolute Gasteiger partial charge is 0.497 e. The molecule has 4 heteroatoms. The normalized spacial score (nSPS) is 31.1. The van der Waals surface area contributed by atoms with Gasteiger partial charge in [0.05, 0.1) is 7.11 Å². The number of piperidine rings is 1. The summed E-state index contributed by atoms with van der Waals surface area (Å²) in [7, 11) is 1.50. The molecule has 1 aromatic carbocycles. The second-order valence-corrected chi connectivity index (χ2v) is 8.33. The molecule has 3 atom stereocenters. The molecule has 2 saturated carbocycles. The van der Waals surface area contributed by atoms with E-state index in [0.29, 0.717) is 17.4 Å². The Morgan fingerprint density at radius 2 is 1.64 bits per heavy atom. The van der Waals surface area contributed by atoms with Crippen molar-refractivity contribution in [1.82, 2.24) is 4.90 Å². The Morgan fingerprint density at radius 1 is 0.920 bits per heavy atom. The molecule has 1 aromatic rings. The van der Waals surface area contributed by atoms with Crippen molar-refractivity contribution in [1.29, 1.82) is 0 Å². The maximum atomic E-state index is 14.3. The first-order valence-electron chi connectivity index (χ1n) is 9.91. The molecule has 0 amide bonds. The van der Waals surface area contributed by atoms with Crippen molar-refractivity contribution in [2.75, 3.05) is 20.2 Å². The van der Waals surface area contributed by atoms with E-state index in [2.05, 4.69) is 4.90 Å². The highest BCUT2D eigenvalue weighted by Crippen LogP contribution is 2.42. The number of nitrogens with zero attached hydrogens (tertiary/aromatic N) is 1. The Bertz CT molecular complexity index is 612. The summed E-state index contributed by atoms with van der Waals surface area (Å²) in [6, 6.07) is 3.53. The molecular weight excluding hydrogens is 320 g/mol. The lowest BCUT2D eigenvalue weighted by atomic mass is 9.86. The van der Waals surface area contributed by atoms with Crippen molar-refractivity contribution in [3.8, 4) is 5.75 Å². The average Bonchev–Trinajstić information content (AvgIpc) is 2.96. The van der Waals surface area contributed by atoms with Crippen molar-refractivity contribution < 1.29 is 13.5 Å². The second kappa shape index (κ2) is 7.22. The van der Waals surface area contributed by atoms with Crippen molar-refractivity contribution in [2.45, 2.75) is 63.3 Å². The number of methoxy groups -OCH3 is 1. The Kier molecular flexibility index (Phi) is 4.99. The maximum absolute atomic E-state index is 14.3. The highest BCUT2D eigenvalue weighted by atomic mass is 19.2. The van der Waals surface area contributed by atoms with E-state index in [9.17, 15) is 8.78 Å². The van der Waals surface area contributed by atoms with Crippen LogP contribution in [-0.2, 0) is 0 Å². The highest BCUT2D eigenvalue weighted by molar-refractivity contribution is 5.33. The number of benzene rings is 1. The molecule has 0 radical (unpaired) electrons. The summed E-state index contributed by atoms with van der Waals surface area (Å²) in [5.74, 6) is 0.934. The third-order valence-corrected chi connectivity index (χ3v) is 6.91. The van der Waals surface area contributed by atoms with E-state index in [4.69, 9.17) is 4.74 Å². The van der Waals surface area contributed by atoms with E-state index >= 15 is 0 Å². The van der Waals surface area contributed by atoms with Gasteiger partial charge in [-0.15, -0.1) is 0 Å². The summed E-state index contributed by atoms with van der Waals surface area (Å²) in [6.45, 7) is 2.01. The number of ether oxygens (including phenoxy) is 1. The lowest BCUT2D eigenvalue weighted by Crippen LogP contribution is -2.41. The van der Waals surface area contributed by atoms with E-state index in [1.807, 2.05) is 0 Å². The predicted octanol–water partition coefficient (Wildman–Crippen LogP) is 5.12. The van der Waals surface area contributed by atoms with Crippen LogP contribution in [0.5, 0.6) is 5.75 Å². The van der Waals surface area contributed by atoms with E-state index in [1.165, 1.54) is 45.6 Å². The van der Waals surface area contributed by atoms with Gasteiger partial charge < -0.3 is 9.64 Å². The smallest absolute Gasteiger partial charge is 0.162 e. The van der Waals surface area contributed by atoms with Crippen LogP contribution in [0.3, 0.4) is 0 Å². The number of halogens is 2. The lowest BCUT2D eigenvalue weighted by Gasteiger charge is -2.38. The summed E-state index contributed by atoms with van der Waals surface area (Å²) in [4.78, 5) is 2.63. The molecule has 25 heavy (non-hydrogen) atoms. The Labute approximate surface area is 149 Å². The standard InChI is InChI=1S/C21H29F2NO/c1-25-18-12-19(21(23)20(22)13-18)16-6-8-24(9-7-16)17-5-4-14-2-3-15(10-14)11-17/h12-17H,2-11H2,1H3. The van der Waals surface area contributed by atoms with Gasteiger partial charge in [-0.3, -0.25) is 0 Å². The molecule has 3 unspecified atom stereocenters. The molecule has 0 N–H and O–H groups in total. The minimum atomic E-state index is -0.795. The number of fused-ring (bicyclic) bond motifs is 2. The van der Waals surface area contributed by atoms with Crippen LogP contribution in [0.25, 0.3) is 0 Å². The molecule has 0 spiro atoms. The minimum Gasteiger partial charge on any atom is -0.497 e. The van der Waals surface area contributed by atoms with Gasteiger partial charge in [-0.1, -0.05) is 12.8 Å². The summed E-state index contributed by atoms with van der Waals surface area (Å²) < 4.78 is 33.2. The van der Waals surface area contributed by atoms with Crippen LogP contribution >= 0.6 is 0 Å². The van der Waals surface area contributed by atoms with Crippen LogP contribution in [0, 0.1) is 23.5 Å². The molecule has 4 rings (SSSR count). The van der Waals surface area contributed by atoms with Crippen molar-refractivity contribution in [3.05, 3.63) is 29.3 Å². The SMILES string of the molecule is COc1cc(F)c(F)c(C2CCN(C3CCC4CCC(C4)C3)CC2)c1. The molecule has 1 aliphatic heterocycles. The summed E-state index contributed by atoms with van der Waals surface area (Å²) in [6.07, 6.45) is 10.2. The minimum absolute atomic E-state index is 0.100. The van der Waals surface area contributed by atoms with Gasteiger partial charge in [0.15, 0.2) is 11.6 Å². The molecule has 3 aliphatic rings. The van der Waals surface area contributed by atoms with Gasteiger partial charge in [-0.2, -0.15) is 0 Å². The zero-order chi connectivity index (χ0) is 17.4. The van der Waals surface area contributed by atoms with E-state index < -0.39 is 11.6 Å². The van der Waals surface area contributed by atoms with E-state index in [0.717, 1.165) is 43.8 Å². The first-order chi connectivity index (χ1) is 12.1. The molecule has 2 bridgehead atoms. The summed E-state index contributed by atoms with van der Waals surface area (Å²) in [5.41, 5.74) is 0.497. The maximum Gasteiger partial charge on any atom is 0.162 e. The van der Waals surface area contributed by atoms with Crippen LogP contribution in [-0.4, -0.2) is 31.1 Å². The van der Waals surface area contributed by atoms with E-state index in [1.54, 1.807) is 6.07 Å². The van der Waals surface area contributed by atoms with Crippen molar-refractivity contribution in [2.24, 2.45) is 11.8 Å². The fraction of sp³-hybridized carbons (Fsp3) is 0.714. The molecule has 0 aromatic heterocycles. The van der Waals surface area contributed by atoms with Gasteiger partial charge in [-0.25, -0.2) is 8.78 Å². The Balaban J connectivity index is 1.41. The predicted molar refractivity (Wildman–Crippen MR) is 94.9 cm³/mol. The molecule has 2 nitrogen and oxygen atoms in total. The Hall–Kier alpha value is -1.16. The van der Waals surface area contributed by atoms with Crippen molar-refractivity contribution >= 4 is 0 Å². The van der Waals surface area contributed by atoms with Gasteiger partial charge in [0.1, 0.15) is 5.75 Å². The molecule has 138 valence electrons. The number of hydrogen-bond acceptors (Lipinski definition) is 2. The van der Waals surface area contributed by atoms with Crippen molar-refractivity contribution in [3.63, 3.8) is 0 Å². The van der Waals surface area contributed by atoms with Crippen LogP contribution in [0.4, 0.5) is 8.78 Å². The number of rotatable bonds is 3.